The molecule has 2 aliphatic heterocycles. The second kappa shape index (κ2) is 11.0. The van der Waals surface area contributed by atoms with Crippen molar-refractivity contribution in [1.82, 2.24) is 14.7 Å². The maximum Gasteiger partial charge on any atom is 0.242 e. The minimum Gasteiger partial charge on any atom is -0.508 e. The van der Waals surface area contributed by atoms with Crippen molar-refractivity contribution in [2.24, 2.45) is 36.1 Å². The molecule has 4 aromatic rings. The predicted octanol–water partition coefficient (Wildman–Crippen LogP) is 6.23. The molecule has 2 aromatic heterocycles. The van der Waals surface area contributed by atoms with Gasteiger partial charge in [0.15, 0.2) is 0 Å². The zero-order valence-corrected chi connectivity index (χ0v) is 29.3. The molecule has 8 rings (SSSR count). The number of hydrogen-bond donors (Lipinski definition) is 1. The Bertz CT molecular complexity index is 2170. The van der Waals surface area contributed by atoms with Crippen molar-refractivity contribution >= 4 is 62.5 Å². The molecule has 6 atom stereocenters. The lowest BCUT2D eigenvalue weighted by Gasteiger charge is -2.49. The molecule has 0 radical (unpaired) electrons. The number of likely N-dealkylation sites (tertiary alicyclic amines) is 1. The number of anilines is 1. The fourth-order valence-electron chi connectivity index (χ4n) is 9.11. The quantitative estimate of drug-likeness (QED) is 0.194. The van der Waals surface area contributed by atoms with Gasteiger partial charge in [0.05, 0.1) is 35.2 Å². The van der Waals surface area contributed by atoms with Gasteiger partial charge in [-0.3, -0.25) is 28.8 Å². The SMILES string of the molecule is CCN1C(=O)[C@H]2[C@H](CC=C3[C@H]2C[C@H]2C(=O)N(c4cc(-c5sc6ccc(Cl)cc6c5C)nn4C)C(=O)[C@@]2(C)[C@H]3c2ccc(O)cc2OC)C1=O. The van der Waals surface area contributed by atoms with Gasteiger partial charge in [-0.25, -0.2) is 4.90 Å². The molecule has 1 N–H and O–H groups in total. The number of aryl methyl sites for hydroxylation is 2. The first-order chi connectivity index (χ1) is 23.4. The van der Waals surface area contributed by atoms with Crippen LogP contribution >= 0.6 is 22.9 Å². The van der Waals surface area contributed by atoms with Crippen LogP contribution in [-0.2, 0) is 26.2 Å². The van der Waals surface area contributed by atoms with Gasteiger partial charge in [0.2, 0.25) is 23.6 Å². The molecular formula is C37H35ClN4O6S. The lowest BCUT2D eigenvalue weighted by Crippen LogP contribution is -2.49. The molecule has 2 aliphatic carbocycles. The average Bonchev–Trinajstić information content (AvgIpc) is 3.74. The number of ether oxygens (including phenoxy) is 1. The van der Waals surface area contributed by atoms with Crippen molar-refractivity contribution in [3.05, 3.63) is 70.3 Å². The van der Waals surface area contributed by atoms with E-state index in [0.29, 0.717) is 34.3 Å². The van der Waals surface area contributed by atoms with Gasteiger partial charge in [-0.15, -0.1) is 11.3 Å². The number of imide groups is 2. The number of halogens is 1. The maximum atomic E-state index is 15.0. The van der Waals surface area contributed by atoms with Crippen LogP contribution in [0, 0.1) is 36.0 Å². The third kappa shape index (κ3) is 4.27. The van der Waals surface area contributed by atoms with Crippen LogP contribution in [0.2, 0.25) is 5.02 Å². The molecule has 2 aromatic carbocycles. The normalized spacial score (nSPS) is 27.9. The van der Waals surface area contributed by atoms with Crippen LogP contribution in [0.1, 0.15) is 43.7 Å². The summed E-state index contributed by atoms with van der Waals surface area (Å²) in [5, 5.41) is 16.8. The van der Waals surface area contributed by atoms with E-state index >= 15 is 0 Å². The molecule has 0 spiro atoms. The molecule has 252 valence electrons. The number of fused-ring (bicyclic) bond motifs is 5. The second-order valence-electron chi connectivity index (χ2n) is 13.7. The maximum absolute atomic E-state index is 15.0. The number of rotatable bonds is 5. The van der Waals surface area contributed by atoms with Crippen LogP contribution in [0.3, 0.4) is 0 Å². The highest BCUT2D eigenvalue weighted by molar-refractivity contribution is 7.22. The summed E-state index contributed by atoms with van der Waals surface area (Å²) < 4.78 is 8.37. The molecule has 0 bridgehead atoms. The summed E-state index contributed by atoms with van der Waals surface area (Å²) in [5.41, 5.74) is 1.88. The Balaban J connectivity index is 1.27. The first kappa shape index (κ1) is 31.8. The van der Waals surface area contributed by atoms with E-state index < -0.39 is 35.0 Å². The van der Waals surface area contributed by atoms with Gasteiger partial charge in [0, 0.05) is 46.9 Å². The predicted molar refractivity (Wildman–Crippen MR) is 185 cm³/mol. The first-order valence-electron chi connectivity index (χ1n) is 16.4. The summed E-state index contributed by atoms with van der Waals surface area (Å²) in [6.45, 7) is 5.91. The third-order valence-corrected chi connectivity index (χ3v) is 13.0. The van der Waals surface area contributed by atoms with Gasteiger partial charge in [0.1, 0.15) is 23.0 Å². The van der Waals surface area contributed by atoms with Gasteiger partial charge < -0.3 is 9.84 Å². The van der Waals surface area contributed by atoms with Crippen molar-refractivity contribution in [2.45, 2.75) is 39.5 Å². The number of aromatic hydroxyl groups is 1. The van der Waals surface area contributed by atoms with E-state index in [1.165, 1.54) is 23.0 Å². The van der Waals surface area contributed by atoms with Crippen molar-refractivity contribution in [3.8, 4) is 22.1 Å². The number of amides is 4. The number of hydrogen-bond acceptors (Lipinski definition) is 8. The zero-order chi connectivity index (χ0) is 34.7. The fraction of sp³-hybridized carbons (Fsp3) is 0.378. The molecule has 0 unspecified atom stereocenters. The number of allylic oxidation sites excluding steroid dienone is 2. The fourth-order valence-corrected chi connectivity index (χ4v) is 10.4. The highest BCUT2D eigenvalue weighted by atomic mass is 35.5. The van der Waals surface area contributed by atoms with Crippen molar-refractivity contribution < 1.29 is 29.0 Å². The molecule has 3 fully saturated rings. The Morgan fingerprint density at radius 3 is 2.57 bits per heavy atom. The topological polar surface area (TPSA) is 122 Å². The zero-order valence-electron chi connectivity index (χ0n) is 27.7. The Morgan fingerprint density at radius 1 is 1.06 bits per heavy atom. The van der Waals surface area contributed by atoms with Gasteiger partial charge in [0.25, 0.3) is 0 Å². The Hall–Kier alpha value is -4.48. The second-order valence-corrected chi connectivity index (χ2v) is 15.2. The number of phenolic OH excluding ortho intramolecular Hbond substituents is 1. The van der Waals surface area contributed by atoms with E-state index in [2.05, 4.69) is 0 Å². The number of thiophene rings is 1. The van der Waals surface area contributed by atoms with E-state index in [-0.39, 0.29) is 42.3 Å². The number of aromatic nitrogens is 2. The summed E-state index contributed by atoms with van der Waals surface area (Å²) in [6, 6.07) is 12.3. The Morgan fingerprint density at radius 2 is 1.84 bits per heavy atom. The summed E-state index contributed by atoms with van der Waals surface area (Å²) in [7, 11) is 3.22. The van der Waals surface area contributed by atoms with Gasteiger partial charge >= 0.3 is 0 Å². The van der Waals surface area contributed by atoms with Crippen LogP contribution < -0.4 is 9.64 Å². The van der Waals surface area contributed by atoms with Crippen LogP contribution in [0.15, 0.2) is 54.1 Å². The number of benzene rings is 2. The molecular weight excluding hydrogens is 664 g/mol. The van der Waals surface area contributed by atoms with E-state index in [1.807, 2.05) is 38.1 Å². The van der Waals surface area contributed by atoms with Crippen molar-refractivity contribution in [3.63, 3.8) is 0 Å². The molecule has 1 saturated carbocycles. The Labute approximate surface area is 291 Å². The third-order valence-electron chi connectivity index (χ3n) is 11.4. The van der Waals surface area contributed by atoms with Gasteiger partial charge in [-0.05, 0) is 74.7 Å². The molecule has 4 aliphatic rings. The number of nitrogens with zero attached hydrogens (tertiary/aromatic N) is 4. The Kier molecular flexibility index (Phi) is 7.14. The van der Waals surface area contributed by atoms with E-state index in [4.69, 9.17) is 21.4 Å². The van der Waals surface area contributed by atoms with Crippen molar-refractivity contribution in [2.75, 3.05) is 18.6 Å². The minimum atomic E-state index is -1.26. The smallest absolute Gasteiger partial charge is 0.242 e. The molecule has 12 heteroatoms. The lowest BCUT2D eigenvalue weighted by atomic mass is 9.51. The highest BCUT2D eigenvalue weighted by Gasteiger charge is 2.68. The van der Waals surface area contributed by atoms with E-state index in [1.54, 1.807) is 48.2 Å². The summed E-state index contributed by atoms with van der Waals surface area (Å²) >= 11 is 7.87. The summed E-state index contributed by atoms with van der Waals surface area (Å²) in [6.07, 6.45) is 2.62. The lowest BCUT2D eigenvalue weighted by molar-refractivity contribution is -0.140. The minimum absolute atomic E-state index is 0.000765. The molecule has 4 amide bonds. The van der Waals surface area contributed by atoms with Crippen LogP contribution in [0.25, 0.3) is 20.7 Å². The molecule has 10 nitrogen and oxygen atoms in total. The van der Waals surface area contributed by atoms with E-state index in [0.717, 1.165) is 26.1 Å². The monoisotopic (exact) mass is 698 g/mol. The van der Waals surface area contributed by atoms with Crippen LogP contribution in [-0.4, -0.2) is 57.1 Å². The number of phenols is 1. The number of carbonyl (C=O) groups excluding carboxylic acids is 4. The van der Waals surface area contributed by atoms with Crippen LogP contribution in [0.4, 0.5) is 5.82 Å². The summed E-state index contributed by atoms with van der Waals surface area (Å²) in [4.78, 5) is 60.3. The largest absolute Gasteiger partial charge is 0.508 e. The first-order valence-corrected chi connectivity index (χ1v) is 17.6. The van der Waals surface area contributed by atoms with Crippen LogP contribution in [0.5, 0.6) is 11.5 Å². The molecule has 2 saturated heterocycles. The number of carbonyl (C=O) groups is 4. The van der Waals surface area contributed by atoms with E-state index in [9.17, 15) is 24.3 Å². The molecule has 49 heavy (non-hydrogen) atoms. The summed E-state index contributed by atoms with van der Waals surface area (Å²) in [5.74, 6) is -3.43. The van der Waals surface area contributed by atoms with Gasteiger partial charge in [-0.1, -0.05) is 29.3 Å². The average molecular weight is 699 g/mol. The number of methoxy groups -OCH3 is 1. The molecule has 4 heterocycles. The van der Waals surface area contributed by atoms with Gasteiger partial charge in [-0.2, -0.15) is 5.10 Å². The highest BCUT2D eigenvalue weighted by Crippen LogP contribution is 2.64. The van der Waals surface area contributed by atoms with Crippen molar-refractivity contribution in [1.29, 1.82) is 0 Å². The standard InChI is InChI=1S/C37H35ClN4O6S/c1-6-41-33(44)22-11-10-20-24(30(22)35(41)46)15-25-34(45)42(36(47)37(25,3)31(20)21-9-8-19(43)14-27(21)48-5)29-16-26(39-40(29)4)32-17(2)23-13-18(38)7-12-28(23)49-32/h7-10,12-14,16,22,24-25,30-31,43H,6,11,15H2,1-5H3/t22-,24+,25-,30-,31+,37+/m0/s1.